The fourth-order valence-electron chi connectivity index (χ4n) is 3.14. The van der Waals surface area contributed by atoms with Crippen LogP contribution in [-0.2, 0) is 4.79 Å². The van der Waals surface area contributed by atoms with Crippen LogP contribution in [-0.4, -0.2) is 35.8 Å². The maximum atomic E-state index is 12.8. The summed E-state index contributed by atoms with van der Waals surface area (Å²) in [5.74, 6) is -0.115. The summed E-state index contributed by atoms with van der Waals surface area (Å²) < 4.78 is 0. The molecule has 0 saturated carbocycles. The van der Waals surface area contributed by atoms with E-state index in [4.69, 9.17) is 0 Å². The summed E-state index contributed by atoms with van der Waals surface area (Å²) in [6.45, 7) is 6.83. The minimum absolute atomic E-state index is 0.0344. The lowest BCUT2D eigenvalue weighted by molar-refractivity contribution is -0.124. The molecule has 2 aromatic carbocycles. The lowest BCUT2D eigenvalue weighted by atomic mass is 10.1. The second-order valence-electron chi connectivity index (χ2n) is 6.37. The fraction of sp³-hybridized carbons (Fsp3) is 0.300. The molecule has 2 aromatic rings. The Morgan fingerprint density at radius 1 is 1.00 bits per heavy atom. The number of anilines is 1. The molecule has 0 radical (unpaired) electrons. The Labute approximate surface area is 142 Å². The Hall–Kier alpha value is -2.62. The van der Waals surface area contributed by atoms with E-state index < -0.39 is 6.04 Å². The number of carbonyl (C=O) groups is 2. The first-order chi connectivity index (χ1) is 11.5. The third-order valence-electron chi connectivity index (χ3n) is 4.49. The number of piperazine rings is 1. The summed E-state index contributed by atoms with van der Waals surface area (Å²) in [5.41, 5.74) is 3.69. The van der Waals surface area contributed by atoms with Crippen molar-refractivity contribution < 1.29 is 9.59 Å². The highest BCUT2D eigenvalue weighted by Crippen LogP contribution is 2.22. The minimum Gasteiger partial charge on any atom is -0.325 e. The second-order valence-corrected chi connectivity index (χ2v) is 6.37. The molecule has 2 amide bonds. The molecule has 1 aliphatic heterocycles. The lowest BCUT2D eigenvalue weighted by Crippen LogP contribution is -2.57. The molecule has 1 unspecified atom stereocenters. The molecule has 1 atom stereocenters. The van der Waals surface area contributed by atoms with Crippen LogP contribution in [0.15, 0.2) is 48.5 Å². The molecule has 124 valence electrons. The highest BCUT2D eigenvalue weighted by Gasteiger charge is 2.35. The SMILES string of the molecule is Cc1cccc(C(=O)N2CCN(c3cccc(C)c3)C(=O)C2C)c1. The van der Waals surface area contributed by atoms with Crippen LogP contribution in [0.4, 0.5) is 5.69 Å². The van der Waals surface area contributed by atoms with E-state index in [1.54, 1.807) is 22.8 Å². The third-order valence-corrected chi connectivity index (χ3v) is 4.49. The quantitative estimate of drug-likeness (QED) is 0.852. The van der Waals surface area contributed by atoms with Gasteiger partial charge in [0, 0.05) is 24.3 Å². The normalized spacial score (nSPS) is 18.0. The first kappa shape index (κ1) is 16.2. The number of aryl methyl sites for hydroxylation is 2. The van der Waals surface area contributed by atoms with E-state index in [1.807, 2.05) is 56.3 Å². The molecule has 24 heavy (non-hydrogen) atoms. The van der Waals surface area contributed by atoms with Crippen molar-refractivity contribution in [3.63, 3.8) is 0 Å². The topological polar surface area (TPSA) is 40.6 Å². The second kappa shape index (κ2) is 6.48. The van der Waals surface area contributed by atoms with Crippen LogP contribution in [0.1, 0.15) is 28.4 Å². The van der Waals surface area contributed by atoms with Gasteiger partial charge < -0.3 is 9.80 Å². The summed E-state index contributed by atoms with van der Waals surface area (Å²) in [4.78, 5) is 29.0. The number of nitrogens with zero attached hydrogens (tertiary/aromatic N) is 2. The average molecular weight is 322 g/mol. The van der Waals surface area contributed by atoms with Crippen molar-refractivity contribution in [2.75, 3.05) is 18.0 Å². The Bertz CT molecular complexity index is 785. The zero-order valence-electron chi connectivity index (χ0n) is 14.3. The van der Waals surface area contributed by atoms with Gasteiger partial charge >= 0.3 is 0 Å². The molecule has 1 fully saturated rings. The molecule has 1 aliphatic rings. The van der Waals surface area contributed by atoms with Gasteiger partial charge in [0.05, 0.1) is 0 Å². The molecular weight excluding hydrogens is 300 g/mol. The van der Waals surface area contributed by atoms with Gasteiger partial charge in [0.25, 0.3) is 5.91 Å². The van der Waals surface area contributed by atoms with E-state index in [-0.39, 0.29) is 11.8 Å². The highest BCUT2D eigenvalue weighted by molar-refractivity contribution is 6.03. The van der Waals surface area contributed by atoms with E-state index in [9.17, 15) is 9.59 Å². The van der Waals surface area contributed by atoms with Crippen molar-refractivity contribution in [1.82, 2.24) is 4.90 Å². The summed E-state index contributed by atoms with van der Waals surface area (Å²) >= 11 is 0. The zero-order chi connectivity index (χ0) is 17.3. The number of rotatable bonds is 2. The Morgan fingerprint density at radius 2 is 1.67 bits per heavy atom. The zero-order valence-corrected chi connectivity index (χ0v) is 14.3. The van der Waals surface area contributed by atoms with Gasteiger partial charge in [0.1, 0.15) is 6.04 Å². The Morgan fingerprint density at radius 3 is 2.33 bits per heavy atom. The molecule has 0 bridgehead atoms. The van der Waals surface area contributed by atoms with Crippen molar-refractivity contribution in [2.45, 2.75) is 26.8 Å². The standard InChI is InChI=1S/C20H22N2O2/c1-14-6-4-8-17(12-14)20(24)21-10-11-22(19(23)16(21)3)18-9-5-7-15(2)13-18/h4-9,12-13,16H,10-11H2,1-3H3. The van der Waals surface area contributed by atoms with Gasteiger partial charge in [-0.15, -0.1) is 0 Å². The molecule has 0 aliphatic carbocycles. The van der Waals surface area contributed by atoms with Gasteiger partial charge in [-0.2, -0.15) is 0 Å². The highest BCUT2D eigenvalue weighted by atomic mass is 16.2. The number of hydrogen-bond donors (Lipinski definition) is 0. The molecule has 3 rings (SSSR count). The first-order valence-corrected chi connectivity index (χ1v) is 8.23. The number of amides is 2. The van der Waals surface area contributed by atoms with Gasteiger partial charge in [-0.05, 0) is 50.6 Å². The molecule has 4 nitrogen and oxygen atoms in total. The Kier molecular flexibility index (Phi) is 4.38. The van der Waals surface area contributed by atoms with Crippen LogP contribution in [0.2, 0.25) is 0 Å². The van der Waals surface area contributed by atoms with Gasteiger partial charge in [0.2, 0.25) is 5.91 Å². The maximum absolute atomic E-state index is 12.8. The number of benzene rings is 2. The van der Waals surface area contributed by atoms with Crippen LogP contribution in [0, 0.1) is 13.8 Å². The monoisotopic (exact) mass is 322 g/mol. The van der Waals surface area contributed by atoms with Crippen LogP contribution in [0.3, 0.4) is 0 Å². The first-order valence-electron chi connectivity index (χ1n) is 8.23. The van der Waals surface area contributed by atoms with Gasteiger partial charge in [-0.3, -0.25) is 9.59 Å². The van der Waals surface area contributed by atoms with Crippen molar-refractivity contribution in [1.29, 1.82) is 0 Å². The summed E-state index contributed by atoms with van der Waals surface area (Å²) in [7, 11) is 0. The van der Waals surface area contributed by atoms with Crippen LogP contribution < -0.4 is 4.90 Å². The minimum atomic E-state index is -0.465. The van der Waals surface area contributed by atoms with Gasteiger partial charge in [0.15, 0.2) is 0 Å². The smallest absolute Gasteiger partial charge is 0.254 e. The summed E-state index contributed by atoms with van der Waals surface area (Å²) in [6, 6.07) is 14.9. The van der Waals surface area contributed by atoms with E-state index >= 15 is 0 Å². The van der Waals surface area contributed by atoms with E-state index in [1.165, 1.54) is 0 Å². The molecule has 1 saturated heterocycles. The number of carbonyl (C=O) groups excluding carboxylic acids is 2. The fourth-order valence-corrected chi connectivity index (χ4v) is 3.14. The van der Waals surface area contributed by atoms with Crippen LogP contribution >= 0.6 is 0 Å². The van der Waals surface area contributed by atoms with Gasteiger partial charge in [-0.25, -0.2) is 0 Å². The molecular formula is C20H22N2O2. The molecule has 0 spiro atoms. The van der Waals surface area contributed by atoms with E-state index in [0.29, 0.717) is 18.7 Å². The van der Waals surface area contributed by atoms with Gasteiger partial charge in [-0.1, -0.05) is 29.8 Å². The largest absolute Gasteiger partial charge is 0.325 e. The molecule has 1 heterocycles. The molecule has 4 heteroatoms. The predicted octanol–water partition coefficient (Wildman–Crippen LogP) is 3.18. The van der Waals surface area contributed by atoms with Crippen LogP contribution in [0.25, 0.3) is 0 Å². The molecule has 0 aromatic heterocycles. The Balaban J connectivity index is 1.81. The summed E-state index contributed by atoms with van der Waals surface area (Å²) in [6.07, 6.45) is 0. The van der Waals surface area contributed by atoms with E-state index in [2.05, 4.69) is 0 Å². The van der Waals surface area contributed by atoms with Crippen molar-refractivity contribution in [3.8, 4) is 0 Å². The van der Waals surface area contributed by atoms with Crippen molar-refractivity contribution in [2.24, 2.45) is 0 Å². The van der Waals surface area contributed by atoms with Crippen molar-refractivity contribution in [3.05, 3.63) is 65.2 Å². The lowest BCUT2D eigenvalue weighted by Gasteiger charge is -2.39. The summed E-state index contributed by atoms with van der Waals surface area (Å²) in [5, 5.41) is 0. The number of hydrogen-bond acceptors (Lipinski definition) is 2. The third kappa shape index (κ3) is 3.04. The maximum Gasteiger partial charge on any atom is 0.254 e. The molecule has 0 N–H and O–H groups in total. The average Bonchev–Trinajstić information content (AvgIpc) is 2.56. The van der Waals surface area contributed by atoms with Crippen LogP contribution in [0.5, 0.6) is 0 Å². The predicted molar refractivity (Wildman–Crippen MR) is 95.2 cm³/mol. The van der Waals surface area contributed by atoms with E-state index in [0.717, 1.165) is 16.8 Å². The van der Waals surface area contributed by atoms with Crippen molar-refractivity contribution >= 4 is 17.5 Å².